The summed E-state index contributed by atoms with van der Waals surface area (Å²) in [7, 11) is 0. The van der Waals surface area contributed by atoms with E-state index in [1.54, 1.807) is 0 Å². The van der Waals surface area contributed by atoms with Gasteiger partial charge in [0.1, 0.15) is 0 Å². The summed E-state index contributed by atoms with van der Waals surface area (Å²) in [4.78, 5) is 0. The van der Waals surface area contributed by atoms with E-state index in [-0.39, 0.29) is 12.1 Å². The first kappa shape index (κ1) is 15.0. The maximum Gasteiger partial charge on any atom is 0.0843 e. The minimum absolute atomic E-state index is 0.152. The molecule has 3 rings (SSSR count). The normalized spacial score (nSPS) is 27.1. The third kappa shape index (κ3) is 3.83. The first-order chi connectivity index (χ1) is 10.4. The smallest absolute Gasteiger partial charge is 0.0843 e. The molecule has 1 saturated heterocycles. The second-order valence-corrected chi connectivity index (χ2v) is 6.13. The molecule has 3 unspecified atom stereocenters. The van der Waals surface area contributed by atoms with Gasteiger partial charge in [0, 0.05) is 12.6 Å². The molecule has 0 radical (unpaired) electrons. The molecule has 3 N–H and O–H groups in total. The predicted molar refractivity (Wildman–Crippen MR) is 82.8 cm³/mol. The van der Waals surface area contributed by atoms with E-state index in [9.17, 15) is 0 Å². The van der Waals surface area contributed by atoms with Gasteiger partial charge in [-0.1, -0.05) is 24.3 Å². The Morgan fingerprint density at radius 3 is 2.86 bits per heavy atom. The topological polar surface area (TPSA) is 56.5 Å². The zero-order valence-electron chi connectivity index (χ0n) is 12.6. The van der Waals surface area contributed by atoms with Crippen molar-refractivity contribution >= 4 is 0 Å². The van der Waals surface area contributed by atoms with E-state index in [0.717, 1.165) is 38.9 Å². The van der Waals surface area contributed by atoms with Gasteiger partial charge in [-0.2, -0.15) is 0 Å². The Balaban J connectivity index is 1.61. The molecule has 1 aromatic carbocycles. The number of benzene rings is 1. The van der Waals surface area contributed by atoms with Crippen LogP contribution in [-0.4, -0.2) is 25.4 Å². The molecule has 0 amide bonds. The Morgan fingerprint density at radius 2 is 2.05 bits per heavy atom. The summed E-state index contributed by atoms with van der Waals surface area (Å²) < 4.78 is 11.8. The van der Waals surface area contributed by atoms with Gasteiger partial charge >= 0.3 is 0 Å². The minimum Gasteiger partial charge on any atom is -0.378 e. The van der Waals surface area contributed by atoms with Gasteiger partial charge in [0.05, 0.1) is 18.8 Å². The number of hydrogen-bond donors (Lipinski definition) is 2. The van der Waals surface area contributed by atoms with Gasteiger partial charge in [-0.15, -0.1) is 0 Å². The molecule has 21 heavy (non-hydrogen) atoms. The molecule has 2 heterocycles. The SMILES string of the molecule is NNC(CC1CCCCO1)CC1OCCc2ccccc21. The van der Waals surface area contributed by atoms with Crippen molar-refractivity contribution in [2.75, 3.05) is 13.2 Å². The maximum atomic E-state index is 5.99. The maximum absolute atomic E-state index is 5.99. The highest BCUT2D eigenvalue weighted by Gasteiger charge is 2.26. The van der Waals surface area contributed by atoms with Crippen LogP contribution in [0.3, 0.4) is 0 Å². The van der Waals surface area contributed by atoms with Crippen molar-refractivity contribution in [3.05, 3.63) is 35.4 Å². The third-order valence-corrected chi connectivity index (χ3v) is 4.65. The highest BCUT2D eigenvalue weighted by Crippen LogP contribution is 2.31. The van der Waals surface area contributed by atoms with E-state index >= 15 is 0 Å². The Bertz CT molecular complexity index is 446. The first-order valence-electron chi connectivity index (χ1n) is 8.14. The van der Waals surface area contributed by atoms with Crippen LogP contribution in [0.2, 0.25) is 0 Å². The summed E-state index contributed by atoms with van der Waals surface area (Å²) in [5.74, 6) is 5.77. The van der Waals surface area contributed by atoms with E-state index in [4.69, 9.17) is 15.3 Å². The average molecular weight is 290 g/mol. The van der Waals surface area contributed by atoms with Crippen LogP contribution in [0.4, 0.5) is 0 Å². The Morgan fingerprint density at radius 1 is 1.14 bits per heavy atom. The number of ether oxygens (including phenoxy) is 2. The van der Waals surface area contributed by atoms with E-state index in [2.05, 4.69) is 29.7 Å². The van der Waals surface area contributed by atoms with Crippen molar-refractivity contribution in [1.29, 1.82) is 0 Å². The Labute approximate surface area is 127 Å². The van der Waals surface area contributed by atoms with Crippen molar-refractivity contribution in [1.82, 2.24) is 5.43 Å². The molecule has 3 atom stereocenters. The van der Waals surface area contributed by atoms with E-state index in [1.165, 1.54) is 24.0 Å². The molecular weight excluding hydrogens is 264 g/mol. The molecule has 0 bridgehead atoms. The molecule has 0 spiro atoms. The first-order valence-corrected chi connectivity index (χ1v) is 8.14. The van der Waals surface area contributed by atoms with Crippen molar-refractivity contribution < 1.29 is 9.47 Å². The van der Waals surface area contributed by atoms with Crippen LogP contribution in [0.25, 0.3) is 0 Å². The summed E-state index contributed by atoms with van der Waals surface area (Å²) in [6.45, 7) is 1.70. The van der Waals surface area contributed by atoms with Crippen molar-refractivity contribution in [3.63, 3.8) is 0 Å². The molecule has 0 aliphatic carbocycles. The van der Waals surface area contributed by atoms with Crippen LogP contribution in [0.15, 0.2) is 24.3 Å². The van der Waals surface area contributed by atoms with Crippen LogP contribution in [-0.2, 0) is 15.9 Å². The van der Waals surface area contributed by atoms with E-state index in [0.29, 0.717) is 6.10 Å². The van der Waals surface area contributed by atoms with Crippen LogP contribution in [0.5, 0.6) is 0 Å². The molecule has 1 aromatic rings. The number of rotatable bonds is 5. The standard InChI is InChI=1S/C17H26N2O2/c18-19-14(11-15-6-3-4-9-20-15)12-17-16-7-2-1-5-13(16)8-10-21-17/h1-2,5,7,14-15,17,19H,3-4,6,8-12,18H2. The van der Waals surface area contributed by atoms with Crippen molar-refractivity contribution in [2.45, 2.75) is 56.8 Å². The zero-order chi connectivity index (χ0) is 14.5. The fourth-order valence-electron chi connectivity index (χ4n) is 3.47. The predicted octanol–water partition coefficient (Wildman–Crippen LogP) is 2.48. The quantitative estimate of drug-likeness (QED) is 0.646. The molecule has 1 fully saturated rings. The van der Waals surface area contributed by atoms with Crippen LogP contribution >= 0.6 is 0 Å². The number of hydrazine groups is 1. The minimum atomic E-state index is 0.152. The summed E-state index contributed by atoms with van der Waals surface area (Å²) in [6, 6.07) is 8.83. The lowest BCUT2D eigenvalue weighted by Gasteiger charge is -2.31. The monoisotopic (exact) mass is 290 g/mol. The van der Waals surface area contributed by atoms with Crippen LogP contribution < -0.4 is 11.3 Å². The molecule has 2 aliphatic heterocycles. The van der Waals surface area contributed by atoms with E-state index in [1.807, 2.05) is 0 Å². The van der Waals surface area contributed by atoms with Gasteiger partial charge in [0.2, 0.25) is 0 Å². The van der Waals surface area contributed by atoms with Gasteiger partial charge in [0.15, 0.2) is 0 Å². The summed E-state index contributed by atoms with van der Waals surface area (Å²) >= 11 is 0. The molecular formula is C17H26N2O2. The second-order valence-electron chi connectivity index (χ2n) is 6.13. The summed E-state index contributed by atoms with van der Waals surface area (Å²) in [6.07, 6.45) is 7.00. The molecule has 2 aliphatic rings. The van der Waals surface area contributed by atoms with Gasteiger partial charge in [-0.05, 0) is 49.7 Å². The number of nitrogens with two attached hydrogens (primary N) is 1. The number of hydrogen-bond acceptors (Lipinski definition) is 4. The highest BCUT2D eigenvalue weighted by atomic mass is 16.5. The lowest BCUT2D eigenvalue weighted by atomic mass is 9.91. The van der Waals surface area contributed by atoms with Crippen LogP contribution in [0, 0.1) is 0 Å². The summed E-state index contributed by atoms with van der Waals surface area (Å²) in [5, 5.41) is 0. The molecule has 4 heteroatoms. The lowest BCUT2D eigenvalue weighted by molar-refractivity contribution is -0.00731. The number of fused-ring (bicyclic) bond motifs is 1. The van der Waals surface area contributed by atoms with Crippen molar-refractivity contribution in [2.24, 2.45) is 5.84 Å². The molecule has 116 valence electrons. The third-order valence-electron chi connectivity index (χ3n) is 4.65. The Hall–Kier alpha value is -0.940. The van der Waals surface area contributed by atoms with Crippen molar-refractivity contribution in [3.8, 4) is 0 Å². The zero-order valence-corrected chi connectivity index (χ0v) is 12.6. The fraction of sp³-hybridized carbons (Fsp3) is 0.647. The lowest BCUT2D eigenvalue weighted by Crippen LogP contribution is -2.40. The average Bonchev–Trinajstić information content (AvgIpc) is 2.55. The van der Waals surface area contributed by atoms with Gasteiger partial charge in [0.25, 0.3) is 0 Å². The van der Waals surface area contributed by atoms with E-state index < -0.39 is 0 Å². The molecule has 4 nitrogen and oxygen atoms in total. The fourth-order valence-corrected chi connectivity index (χ4v) is 3.47. The second kappa shape index (κ2) is 7.36. The number of nitrogens with one attached hydrogen (secondary N) is 1. The molecule has 0 aromatic heterocycles. The van der Waals surface area contributed by atoms with Crippen LogP contribution in [0.1, 0.15) is 49.3 Å². The molecule has 0 saturated carbocycles. The van der Waals surface area contributed by atoms with Gasteiger partial charge < -0.3 is 9.47 Å². The van der Waals surface area contributed by atoms with Gasteiger partial charge in [-0.25, -0.2) is 0 Å². The van der Waals surface area contributed by atoms with Gasteiger partial charge in [-0.3, -0.25) is 11.3 Å². The highest BCUT2D eigenvalue weighted by molar-refractivity contribution is 5.31. The largest absolute Gasteiger partial charge is 0.378 e. The Kier molecular flexibility index (Phi) is 5.25. The summed E-state index contributed by atoms with van der Waals surface area (Å²) in [5.41, 5.74) is 5.71.